The third-order valence-corrected chi connectivity index (χ3v) is 6.45. The highest BCUT2D eigenvalue weighted by atomic mass is 16.1. The summed E-state index contributed by atoms with van der Waals surface area (Å²) in [5.74, 6) is 1.23. The summed E-state index contributed by atoms with van der Waals surface area (Å²) in [5, 5.41) is 7.34. The van der Waals surface area contributed by atoms with Crippen molar-refractivity contribution < 1.29 is 4.79 Å². The van der Waals surface area contributed by atoms with Crippen LogP contribution < -0.4 is 15.5 Å². The minimum Gasteiger partial charge on any atom is -0.357 e. The molecule has 31 heavy (non-hydrogen) atoms. The first kappa shape index (κ1) is 20.0. The van der Waals surface area contributed by atoms with Crippen LogP contribution in [0.25, 0.3) is 10.9 Å². The number of nitrogens with one attached hydrogen (secondary N) is 3. The van der Waals surface area contributed by atoms with Crippen LogP contribution in [0.3, 0.4) is 0 Å². The third kappa shape index (κ3) is 4.00. The maximum Gasteiger partial charge on any atom is 0.258 e. The maximum atomic E-state index is 12.7. The minimum atomic E-state index is -0.207. The van der Waals surface area contributed by atoms with Gasteiger partial charge in [-0.05, 0) is 51.6 Å². The third-order valence-electron chi connectivity index (χ3n) is 6.45. The predicted molar refractivity (Wildman–Crippen MR) is 123 cm³/mol. The molecular formula is C23H29N7O. The van der Waals surface area contributed by atoms with Gasteiger partial charge in [-0.1, -0.05) is 0 Å². The second kappa shape index (κ2) is 8.28. The Morgan fingerprint density at radius 1 is 1.19 bits per heavy atom. The largest absolute Gasteiger partial charge is 0.357 e. The number of carbonyl (C=O) groups is 1. The van der Waals surface area contributed by atoms with Crippen LogP contribution in [0.15, 0.2) is 36.7 Å². The molecule has 5 rings (SSSR count). The van der Waals surface area contributed by atoms with Gasteiger partial charge in [0.05, 0.1) is 11.1 Å². The summed E-state index contributed by atoms with van der Waals surface area (Å²) in [5.41, 5.74) is 2.72. The maximum absolute atomic E-state index is 12.7. The number of likely N-dealkylation sites (tertiary alicyclic amines) is 1. The highest BCUT2D eigenvalue weighted by Crippen LogP contribution is 2.32. The van der Waals surface area contributed by atoms with E-state index in [0.717, 1.165) is 49.3 Å². The number of carbonyl (C=O) groups excluding carboxylic acids is 1. The van der Waals surface area contributed by atoms with Gasteiger partial charge < -0.3 is 20.5 Å². The van der Waals surface area contributed by atoms with Gasteiger partial charge in [-0.3, -0.25) is 9.69 Å². The average molecular weight is 420 g/mol. The Labute approximate surface area is 182 Å². The number of pyridine rings is 2. The van der Waals surface area contributed by atoms with Crippen LogP contribution in [0, 0.1) is 0 Å². The van der Waals surface area contributed by atoms with E-state index in [4.69, 9.17) is 0 Å². The molecule has 2 aliphatic heterocycles. The van der Waals surface area contributed by atoms with E-state index >= 15 is 0 Å². The molecule has 0 aromatic carbocycles. The molecule has 0 saturated carbocycles. The first-order valence-electron chi connectivity index (χ1n) is 11.0. The number of rotatable bonds is 4. The van der Waals surface area contributed by atoms with Crippen molar-refractivity contribution >= 4 is 28.4 Å². The zero-order valence-corrected chi connectivity index (χ0v) is 18.1. The molecule has 3 aromatic heterocycles. The first-order valence-corrected chi connectivity index (χ1v) is 11.0. The van der Waals surface area contributed by atoms with Gasteiger partial charge in [0.15, 0.2) is 0 Å². The molecule has 0 aliphatic carbocycles. The highest BCUT2D eigenvalue weighted by molar-refractivity contribution is 6.04. The quantitative estimate of drug-likeness (QED) is 0.603. The van der Waals surface area contributed by atoms with Crippen molar-refractivity contribution in [2.45, 2.75) is 31.8 Å². The van der Waals surface area contributed by atoms with E-state index in [-0.39, 0.29) is 5.91 Å². The Bertz CT molecular complexity index is 1080. The molecule has 0 bridgehead atoms. The molecule has 0 radical (unpaired) electrons. The van der Waals surface area contributed by atoms with Gasteiger partial charge in [0.2, 0.25) is 0 Å². The fourth-order valence-electron chi connectivity index (χ4n) is 4.66. The Kier molecular flexibility index (Phi) is 5.33. The van der Waals surface area contributed by atoms with Gasteiger partial charge in [0.1, 0.15) is 11.6 Å². The van der Waals surface area contributed by atoms with E-state index in [2.05, 4.69) is 55.4 Å². The van der Waals surface area contributed by atoms with Crippen molar-refractivity contribution in [3.05, 3.63) is 47.9 Å². The van der Waals surface area contributed by atoms with E-state index in [0.29, 0.717) is 23.5 Å². The molecule has 2 fully saturated rings. The van der Waals surface area contributed by atoms with Crippen LogP contribution in [0.1, 0.15) is 41.9 Å². The molecule has 5 heterocycles. The molecule has 1 amide bonds. The van der Waals surface area contributed by atoms with E-state index in [1.165, 1.54) is 12.1 Å². The number of fused-ring (bicyclic) bond motifs is 1. The molecule has 2 atom stereocenters. The van der Waals surface area contributed by atoms with Gasteiger partial charge in [0, 0.05) is 61.3 Å². The van der Waals surface area contributed by atoms with Gasteiger partial charge in [-0.2, -0.15) is 0 Å². The van der Waals surface area contributed by atoms with Crippen LogP contribution in [0.4, 0.5) is 11.6 Å². The lowest BCUT2D eigenvalue weighted by Gasteiger charge is -2.34. The molecule has 162 valence electrons. The fourth-order valence-corrected chi connectivity index (χ4v) is 4.66. The molecule has 2 saturated heterocycles. The summed E-state index contributed by atoms with van der Waals surface area (Å²) in [6.45, 7) is 6.10. The Hall–Kier alpha value is -2.97. The van der Waals surface area contributed by atoms with E-state index in [1.807, 2.05) is 24.4 Å². The highest BCUT2D eigenvalue weighted by Gasteiger charge is 2.24. The summed E-state index contributed by atoms with van der Waals surface area (Å²) >= 11 is 0. The van der Waals surface area contributed by atoms with E-state index in [1.54, 1.807) is 6.20 Å². The number of aromatic nitrogens is 3. The lowest BCUT2D eigenvalue weighted by atomic mass is 10.1. The molecule has 0 unspecified atom stereocenters. The molecule has 3 N–H and O–H groups in total. The number of anilines is 2. The van der Waals surface area contributed by atoms with Gasteiger partial charge in [-0.25, -0.2) is 9.97 Å². The van der Waals surface area contributed by atoms with Crippen molar-refractivity contribution in [3.8, 4) is 0 Å². The number of aromatic amines is 1. The zero-order valence-electron chi connectivity index (χ0n) is 18.1. The van der Waals surface area contributed by atoms with Crippen molar-refractivity contribution in [1.29, 1.82) is 0 Å². The van der Waals surface area contributed by atoms with E-state index in [9.17, 15) is 4.79 Å². The van der Waals surface area contributed by atoms with Crippen molar-refractivity contribution in [2.24, 2.45) is 0 Å². The monoisotopic (exact) mass is 419 g/mol. The summed E-state index contributed by atoms with van der Waals surface area (Å²) in [6.07, 6.45) is 5.83. The zero-order chi connectivity index (χ0) is 21.4. The molecule has 2 aliphatic rings. The van der Waals surface area contributed by atoms with Crippen molar-refractivity contribution in [3.63, 3.8) is 0 Å². The fraction of sp³-hybridized carbons (Fsp3) is 0.435. The van der Waals surface area contributed by atoms with Crippen molar-refractivity contribution in [2.75, 3.05) is 43.4 Å². The molecule has 8 nitrogen and oxygen atoms in total. The van der Waals surface area contributed by atoms with Gasteiger partial charge in [0.25, 0.3) is 5.91 Å². The Morgan fingerprint density at radius 3 is 2.84 bits per heavy atom. The number of nitrogens with zero attached hydrogens (tertiary/aromatic N) is 4. The van der Waals surface area contributed by atoms with Gasteiger partial charge in [-0.15, -0.1) is 0 Å². The smallest absolute Gasteiger partial charge is 0.258 e. The molecule has 0 spiro atoms. The standard InChI is InChI=1S/C23H29N7O/c1-15-12-24-7-9-30(15)22-6-5-16(13-26-22)23(31)28-21-11-18-17(14-25-21)10-19(27-18)20-4-3-8-29(20)2/h5-6,10-11,13-15,20,24,27H,3-4,7-9,12H2,1-2H3,(H,25,28,31)/t15-,20+/m0/s1. The number of amides is 1. The normalized spacial score (nSPS) is 22.2. The molecule has 3 aromatic rings. The summed E-state index contributed by atoms with van der Waals surface area (Å²) in [6, 6.07) is 8.62. The van der Waals surface area contributed by atoms with Crippen LogP contribution in [0.5, 0.6) is 0 Å². The van der Waals surface area contributed by atoms with E-state index < -0.39 is 0 Å². The number of piperazine rings is 1. The number of hydrogen-bond donors (Lipinski definition) is 3. The second-order valence-electron chi connectivity index (χ2n) is 8.63. The Morgan fingerprint density at radius 2 is 2.10 bits per heavy atom. The molecule has 8 heteroatoms. The summed E-state index contributed by atoms with van der Waals surface area (Å²) in [4.78, 5) is 29.8. The average Bonchev–Trinajstić information content (AvgIpc) is 3.39. The number of H-pyrrole nitrogens is 1. The SMILES string of the molecule is C[C@H]1CNCCN1c1ccc(C(=O)Nc2cc3[nH]c([C@H]4CCCN4C)cc3cn2)cn1. The number of hydrogen-bond acceptors (Lipinski definition) is 6. The molecular weight excluding hydrogens is 390 g/mol. The predicted octanol–water partition coefficient (Wildman–Crippen LogP) is 2.78. The van der Waals surface area contributed by atoms with Crippen molar-refractivity contribution in [1.82, 2.24) is 25.2 Å². The topological polar surface area (TPSA) is 89.2 Å². The first-order chi connectivity index (χ1) is 15.1. The Balaban J connectivity index is 1.29. The van der Waals surface area contributed by atoms with Crippen LogP contribution in [-0.2, 0) is 0 Å². The second-order valence-corrected chi connectivity index (χ2v) is 8.63. The minimum absolute atomic E-state index is 0.207. The lowest BCUT2D eigenvalue weighted by Crippen LogP contribution is -2.50. The lowest BCUT2D eigenvalue weighted by molar-refractivity contribution is 0.102. The van der Waals surface area contributed by atoms with Gasteiger partial charge >= 0.3 is 0 Å². The van der Waals surface area contributed by atoms with Crippen LogP contribution >= 0.6 is 0 Å². The van der Waals surface area contributed by atoms with Crippen LogP contribution in [0.2, 0.25) is 0 Å². The summed E-state index contributed by atoms with van der Waals surface area (Å²) in [7, 11) is 2.16. The summed E-state index contributed by atoms with van der Waals surface area (Å²) < 4.78 is 0. The van der Waals surface area contributed by atoms with Crippen LogP contribution in [-0.4, -0.2) is 65.0 Å².